The Morgan fingerprint density at radius 2 is 1.67 bits per heavy atom. The van der Waals surface area contributed by atoms with Crippen LogP contribution in [0.3, 0.4) is 0 Å². The zero-order valence-corrected chi connectivity index (χ0v) is 39.1. The molecule has 20 heteroatoms. The number of sulfonamides is 2. The van der Waals surface area contributed by atoms with Crippen LogP contribution in [-0.2, 0) is 20.0 Å². The molecule has 0 radical (unpaired) electrons. The van der Waals surface area contributed by atoms with E-state index >= 15 is 4.39 Å². The highest BCUT2D eigenvalue weighted by Gasteiger charge is 2.39. The summed E-state index contributed by atoms with van der Waals surface area (Å²) in [7, 11) is -8.25. The van der Waals surface area contributed by atoms with Crippen molar-refractivity contribution in [3.8, 4) is 17.2 Å². The molecule has 2 aliphatic heterocycles. The molecule has 66 heavy (non-hydrogen) atoms. The summed E-state index contributed by atoms with van der Waals surface area (Å²) in [5.41, 5.74) is 2.72. The lowest BCUT2D eigenvalue weighted by atomic mass is 9.72. The van der Waals surface area contributed by atoms with Crippen LogP contribution in [0.4, 0.5) is 15.8 Å². The molecule has 1 amide bonds. The summed E-state index contributed by atoms with van der Waals surface area (Å²) in [6, 6.07) is 19.3. The Balaban J connectivity index is 0.989. The number of carbonyl (C=O) groups is 1. The summed E-state index contributed by atoms with van der Waals surface area (Å²) in [5.74, 6) is -1.10. The van der Waals surface area contributed by atoms with Gasteiger partial charge in [0.25, 0.3) is 15.9 Å². The van der Waals surface area contributed by atoms with Gasteiger partial charge in [0.2, 0.25) is 10.0 Å². The number of piperidine rings is 1. The number of amides is 1. The first kappa shape index (κ1) is 46.9. The first-order valence-electron chi connectivity index (χ1n) is 21.6. The number of carbonyl (C=O) groups excluding carboxylic acids is 1. The second kappa shape index (κ2) is 18.6. The number of anilines is 1. The van der Waals surface area contributed by atoms with Crippen LogP contribution in [-0.4, -0.2) is 111 Å². The maximum absolute atomic E-state index is 15.6. The minimum atomic E-state index is -4.73. The average molecular weight is 965 g/mol. The van der Waals surface area contributed by atoms with Crippen molar-refractivity contribution in [3.05, 3.63) is 117 Å². The van der Waals surface area contributed by atoms with Crippen molar-refractivity contribution in [2.45, 2.75) is 56.5 Å². The number of halogens is 2. The van der Waals surface area contributed by atoms with Gasteiger partial charge < -0.3 is 19.4 Å². The number of rotatable bonds is 14. The van der Waals surface area contributed by atoms with Gasteiger partial charge in [0.05, 0.1) is 27.8 Å². The van der Waals surface area contributed by atoms with Crippen LogP contribution in [0.1, 0.15) is 61.9 Å². The van der Waals surface area contributed by atoms with Crippen molar-refractivity contribution < 1.29 is 40.4 Å². The van der Waals surface area contributed by atoms with Gasteiger partial charge in [-0.1, -0.05) is 43.2 Å². The van der Waals surface area contributed by atoms with Crippen LogP contribution in [0, 0.1) is 15.5 Å². The monoisotopic (exact) mass is 963 g/mol. The number of nitrogens with zero attached hydrogens (tertiary/aromatic N) is 5. The number of hydrogen-bond acceptors (Lipinski definition) is 12. The fourth-order valence-electron chi connectivity index (χ4n) is 8.72. The Bertz CT molecular complexity index is 2910. The Morgan fingerprint density at radius 3 is 2.36 bits per heavy atom. The molecule has 2 fully saturated rings. The SMILES string of the molecule is CC1(C)CCC(CN2CCN(c3ccc(C(=O)NS(=O)(=O)c4ccc(OCC5(F)CCN(S(C)(=O)=O)CC5)c([N+](=O)[O-])c4)c(Oc4cnc5[nH]ccc5c4)c3)CC2)=C(c2ccc(Cl)cc2)C1. The van der Waals surface area contributed by atoms with Gasteiger partial charge in [0.15, 0.2) is 5.75 Å². The van der Waals surface area contributed by atoms with Gasteiger partial charge in [-0.2, -0.15) is 0 Å². The first-order valence-corrected chi connectivity index (χ1v) is 25.3. The predicted molar refractivity (Wildman–Crippen MR) is 250 cm³/mol. The molecular weight excluding hydrogens is 913 g/mol. The Labute approximate surface area is 388 Å². The topological polar surface area (TPSA) is 197 Å². The number of piperazine rings is 1. The Hall–Kier alpha value is -5.60. The highest BCUT2D eigenvalue weighted by atomic mass is 35.5. The van der Waals surface area contributed by atoms with Gasteiger partial charge in [-0.3, -0.25) is 19.8 Å². The van der Waals surface area contributed by atoms with Gasteiger partial charge in [-0.25, -0.2) is 35.2 Å². The van der Waals surface area contributed by atoms with Crippen LogP contribution in [0.25, 0.3) is 16.6 Å². The van der Waals surface area contributed by atoms with Gasteiger partial charge >= 0.3 is 5.69 Å². The van der Waals surface area contributed by atoms with Crippen molar-refractivity contribution >= 4 is 65.5 Å². The molecular formula is C46H51ClFN7O9S2. The summed E-state index contributed by atoms with van der Waals surface area (Å²) in [6.07, 6.45) is 6.95. The maximum atomic E-state index is 15.6. The highest BCUT2D eigenvalue weighted by molar-refractivity contribution is 7.90. The van der Waals surface area contributed by atoms with Crippen LogP contribution in [0.15, 0.2) is 95.7 Å². The molecule has 2 aromatic heterocycles. The minimum absolute atomic E-state index is 0.0548. The van der Waals surface area contributed by atoms with Crippen molar-refractivity contribution in [3.63, 3.8) is 0 Å². The molecule has 0 bridgehead atoms. The van der Waals surface area contributed by atoms with E-state index in [1.54, 1.807) is 24.4 Å². The van der Waals surface area contributed by atoms with Gasteiger partial charge in [0.1, 0.15) is 29.4 Å². The van der Waals surface area contributed by atoms with E-state index in [0.29, 0.717) is 29.5 Å². The van der Waals surface area contributed by atoms with E-state index in [9.17, 15) is 31.7 Å². The number of hydrogen-bond donors (Lipinski definition) is 2. The van der Waals surface area contributed by atoms with E-state index < -0.39 is 59.5 Å². The van der Waals surface area contributed by atoms with Crippen LogP contribution < -0.4 is 19.1 Å². The third-order valence-corrected chi connectivity index (χ3v) is 15.5. The fraction of sp³-hybridized carbons (Fsp3) is 0.391. The molecule has 3 aromatic carbocycles. The molecule has 0 atom stereocenters. The second-order valence-corrected chi connectivity index (χ2v) is 22.1. The number of ether oxygens (including phenoxy) is 2. The van der Waals surface area contributed by atoms with Gasteiger partial charge in [0, 0.05) is 80.2 Å². The number of nitrogens with one attached hydrogen (secondary N) is 2. The molecule has 0 unspecified atom stereocenters. The van der Waals surface area contributed by atoms with Crippen molar-refractivity contribution in [2.75, 3.05) is 63.6 Å². The summed E-state index contributed by atoms with van der Waals surface area (Å²) >= 11 is 6.23. The van der Waals surface area contributed by atoms with E-state index in [2.05, 4.69) is 45.7 Å². The Kier molecular flexibility index (Phi) is 13.2. The van der Waals surface area contributed by atoms with Crippen molar-refractivity contribution in [1.29, 1.82) is 0 Å². The summed E-state index contributed by atoms with van der Waals surface area (Å²) in [5, 5.41) is 13.6. The molecule has 4 heterocycles. The number of benzene rings is 3. The number of nitro benzene ring substituents is 1. The first-order chi connectivity index (χ1) is 31.2. The quantitative estimate of drug-likeness (QED) is 0.0806. The lowest BCUT2D eigenvalue weighted by molar-refractivity contribution is -0.386. The number of nitro groups is 1. The van der Waals surface area contributed by atoms with E-state index in [1.807, 2.05) is 22.9 Å². The number of H-pyrrole nitrogens is 1. The number of aromatic amines is 1. The van der Waals surface area contributed by atoms with E-state index in [-0.39, 0.29) is 42.7 Å². The second-order valence-electron chi connectivity index (χ2n) is 18.0. The van der Waals surface area contributed by atoms with Crippen LogP contribution >= 0.6 is 11.6 Å². The molecule has 2 saturated heterocycles. The predicted octanol–water partition coefficient (Wildman–Crippen LogP) is 7.96. The number of allylic oxidation sites excluding steroid dienone is 1. The highest BCUT2D eigenvalue weighted by Crippen LogP contribution is 2.44. The molecule has 0 saturated carbocycles. The van der Waals surface area contributed by atoms with Gasteiger partial charge in [-0.15, -0.1) is 0 Å². The lowest BCUT2D eigenvalue weighted by Crippen LogP contribution is -2.47. The zero-order valence-electron chi connectivity index (χ0n) is 36.8. The fourth-order valence-corrected chi connectivity index (χ4v) is 10.7. The number of alkyl halides is 1. The van der Waals surface area contributed by atoms with E-state index in [1.165, 1.54) is 29.0 Å². The standard InChI is InChI=1S/C46H51ClFN7O9S2/c1-45(2)14-12-33(39(27-45)31-4-6-34(47)7-5-31)29-52-20-22-53(23-21-52)35-8-10-38(42(25-35)64-36-24-32-13-17-49-43(32)50-28-36)44(56)51-66(61,62)37-9-11-41(40(26-37)55(57)58)63-30-46(48)15-18-54(19-16-46)65(3,59)60/h4-11,13,17,24-26,28H,12,14-16,18-23,27,29-30H2,1-3H3,(H,49,50)(H,51,56). The van der Waals surface area contributed by atoms with E-state index in [0.717, 1.165) is 78.7 Å². The molecule has 8 rings (SSSR count). The Morgan fingerprint density at radius 1 is 0.939 bits per heavy atom. The van der Waals surface area contributed by atoms with Crippen LogP contribution in [0.2, 0.25) is 5.02 Å². The normalized spacial score (nSPS) is 18.3. The molecule has 0 spiro atoms. The molecule has 1 aliphatic carbocycles. The number of aromatic nitrogens is 2. The minimum Gasteiger partial charge on any atom is -0.483 e. The summed E-state index contributed by atoms with van der Waals surface area (Å²) in [4.78, 5) is 36.6. The van der Waals surface area contributed by atoms with Crippen LogP contribution in [0.5, 0.6) is 17.2 Å². The number of pyridine rings is 1. The maximum Gasteiger partial charge on any atom is 0.312 e. The molecule has 350 valence electrons. The molecule has 2 N–H and O–H groups in total. The van der Waals surface area contributed by atoms with Gasteiger partial charge in [-0.05, 0) is 97.2 Å². The smallest absolute Gasteiger partial charge is 0.312 e. The third kappa shape index (κ3) is 10.8. The average Bonchev–Trinajstić information content (AvgIpc) is 3.74. The molecule has 16 nitrogen and oxygen atoms in total. The zero-order chi connectivity index (χ0) is 47.0. The summed E-state index contributed by atoms with van der Waals surface area (Å²) in [6.45, 7) is 7.59. The van der Waals surface area contributed by atoms with Crippen molar-refractivity contribution in [1.82, 2.24) is 23.9 Å². The summed E-state index contributed by atoms with van der Waals surface area (Å²) < 4.78 is 81.7. The number of fused-ring (bicyclic) bond motifs is 1. The van der Waals surface area contributed by atoms with Crippen molar-refractivity contribution in [2.24, 2.45) is 5.41 Å². The molecule has 3 aliphatic rings. The van der Waals surface area contributed by atoms with E-state index in [4.69, 9.17) is 21.1 Å². The molecule has 5 aromatic rings. The third-order valence-electron chi connectivity index (χ3n) is 12.6. The lowest BCUT2D eigenvalue weighted by Gasteiger charge is -2.39. The largest absolute Gasteiger partial charge is 0.483 e.